The molecular weight excluding hydrogens is 264 g/mol. The van der Waals surface area contributed by atoms with Crippen molar-refractivity contribution in [3.63, 3.8) is 0 Å². The number of Topliss-reactive ketones (excluding diaryl/α,β-unsaturated/α-hetero) is 1. The SMILES string of the molecule is [CH2]C(O)COc1ccccc1C(=O)CCc1ccccc1. The summed E-state index contributed by atoms with van der Waals surface area (Å²) in [7, 11) is 0. The molecule has 2 aromatic carbocycles. The molecule has 0 aliphatic rings. The first-order valence-electron chi connectivity index (χ1n) is 6.97. The third-order valence-electron chi connectivity index (χ3n) is 3.10. The highest BCUT2D eigenvalue weighted by atomic mass is 16.5. The Morgan fingerprint density at radius 1 is 1.10 bits per heavy atom. The van der Waals surface area contributed by atoms with Crippen molar-refractivity contribution in [3.05, 3.63) is 72.6 Å². The summed E-state index contributed by atoms with van der Waals surface area (Å²) >= 11 is 0. The molecule has 2 rings (SSSR count). The van der Waals surface area contributed by atoms with Gasteiger partial charge in [0.25, 0.3) is 0 Å². The number of benzene rings is 2. The van der Waals surface area contributed by atoms with Crippen LogP contribution in [-0.2, 0) is 6.42 Å². The third kappa shape index (κ3) is 4.72. The number of ether oxygens (including phenoxy) is 1. The molecule has 0 saturated carbocycles. The molecule has 0 saturated heterocycles. The summed E-state index contributed by atoms with van der Waals surface area (Å²) in [5, 5.41) is 9.17. The molecule has 0 spiro atoms. The number of hydrogen-bond donors (Lipinski definition) is 1. The van der Waals surface area contributed by atoms with Crippen LogP contribution in [0, 0.1) is 6.92 Å². The molecule has 0 fully saturated rings. The van der Waals surface area contributed by atoms with Gasteiger partial charge in [0.05, 0.1) is 11.7 Å². The molecule has 1 unspecified atom stereocenters. The maximum absolute atomic E-state index is 12.3. The van der Waals surface area contributed by atoms with Crippen LogP contribution in [-0.4, -0.2) is 23.6 Å². The van der Waals surface area contributed by atoms with Gasteiger partial charge in [-0.15, -0.1) is 0 Å². The molecule has 0 aliphatic heterocycles. The van der Waals surface area contributed by atoms with Crippen LogP contribution in [0.15, 0.2) is 54.6 Å². The number of rotatable bonds is 7. The van der Waals surface area contributed by atoms with Crippen LogP contribution in [0.2, 0.25) is 0 Å². The van der Waals surface area contributed by atoms with Gasteiger partial charge in [0, 0.05) is 6.42 Å². The Kier molecular flexibility index (Phi) is 5.52. The highest BCUT2D eigenvalue weighted by Crippen LogP contribution is 2.20. The van der Waals surface area contributed by atoms with E-state index in [1.165, 1.54) is 0 Å². The average Bonchev–Trinajstić information content (AvgIpc) is 2.52. The van der Waals surface area contributed by atoms with Gasteiger partial charge in [0.15, 0.2) is 5.78 Å². The standard InChI is InChI=1S/C18H19O3/c1-14(19)13-21-18-10-6-5-9-16(18)17(20)12-11-15-7-3-2-4-8-15/h2-10,14,19H,1,11-13H2. The number of carbonyl (C=O) groups excluding carboxylic acids is 1. The maximum Gasteiger partial charge on any atom is 0.166 e. The normalized spacial score (nSPS) is 11.9. The molecule has 109 valence electrons. The summed E-state index contributed by atoms with van der Waals surface area (Å²) in [6, 6.07) is 17.0. The zero-order valence-corrected chi connectivity index (χ0v) is 11.9. The van der Waals surface area contributed by atoms with Gasteiger partial charge in [-0.2, -0.15) is 0 Å². The average molecular weight is 283 g/mol. The van der Waals surface area contributed by atoms with Crippen molar-refractivity contribution in [2.75, 3.05) is 6.61 Å². The van der Waals surface area contributed by atoms with Gasteiger partial charge in [0.1, 0.15) is 12.4 Å². The number of hydrogen-bond acceptors (Lipinski definition) is 3. The van der Waals surface area contributed by atoms with Gasteiger partial charge in [-0.1, -0.05) is 42.5 Å². The fraction of sp³-hybridized carbons (Fsp3) is 0.222. The summed E-state index contributed by atoms with van der Waals surface area (Å²) < 4.78 is 5.44. The van der Waals surface area contributed by atoms with Crippen molar-refractivity contribution < 1.29 is 14.6 Å². The Balaban J connectivity index is 2.01. The van der Waals surface area contributed by atoms with Crippen molar-refractivity contribution in [3.8, 4) is 5.75 Å². The molecule has 0 amide bonds. The number of aryl methyl sites for hydroxylation is 1. The Labute approximate surface area is 125 Å². The third-order valence-corrected chi connectivity index (χ3v) is 3.10. The topological polar surface area (TPSA) is 46.5 Å². The second kappa shape index (κ2) is 7.60. The largest absolute Gasteiger partial charge is 0.490 e. The molecular formula is C18H19O3. The zero-order valence-electron chi connectivity index (χ0n) is 11.9. The van der Waals surface area contributed by atoms with Crippen LogP contribution in [0.3, 0.4) is 0 Å². The minimum atomic E-state index is -0.808. The van der Waals surface area contributed by atoms with E-state index in [0.717, 1.165) is 5.56 Å². The minimum Gasteiger partial charge on any atom is -0.490 e. The van der Waals surface area contributed by atoms with Crippen molar-refractivity contribution in [2.45, 2.75) is 18.9 Å². The van der Waals surface area contributed by atoms with Crippen LogP contribution in [0.4, 0.5) is 0 Å². The second-order valence-corrected chi connectivity index (χ2v) is 4.87. The lowest BCUT2D eigenvalue weighted by atomic mass is 10.0. The first-order chi connectivity index (χ1) is 10.2. The van der Waals surface area contributed by atoms with E-state index in [4.69, 9.17) is 4.74 Å². The van der Waals surface area contributed by atoms with Crippen LogP contribution in [0.5, 0.6) is 5.75 Å². The van der Waals surface area contributed by atoms with E-state index in [1.807, 2.05) is 36.4 Å². The number of aliphatic hydroxyl groups is 1. The van der Waals surface area contributed by atoms with Gasteiger partial charge in [0.2, 0.25) is 0 Å². The quantitative estimate of drug-likeness (QED) is 0.794. The van der Waals surface area contributed by atoms with Gasteiger partial charge in [-0.3, -0.25) is 4.79 Å². The summed E-state index contributed by atoms with van der Waals surface area (Å²) in [4.78, 5) is 12.3. The minimum absolute atomic E-state index is 0.0352. The van der Waals surface area contributed by atoms with Gasteiger partial charge in [-0.25, -0.2) is 0 Å². The van der Waals surface area contributed by atoms with Crippen LogP contribution >= 0.6 is 0 Å². The van der Waals surface area contributed by atoms with E-state index in [1.54, 1.807) is 18.2 Å². The molecule has 3 heteroatoms. The number of aliphatic hydroxyl groups excluding tert-OH is 1. The molecule has 21 heavy (non-hydrogen) atoms. The van der Waals surface area contributed by atoms with Gasteiger partial charge in [-0.05, 0) is 31.0 Å². The Morgan fingerprint density at radius 2 is 1.76 bits per heavy atom. The highest BCUT2D eigenvalue weighted by Gasteiger charge is 2.12. The van der Waals surface area contributed by atoms with Crippen LogP contribution in [0.25, 0.3) is 0 Å². The lowest BCUT2D eigenvalue weighted by molar-refractivity contribution is 0.0972. The van der Waals surface area contributed by atoms with Crippen molar-refractivity contribution >= 4 is 5.78 Å². The second-order valence-electron chi connectivity index (χ2n) is 4.87. The highest BCUT2D eigenvalue weighted by molar-refractivity contribution is 5.98. The molecule has 1 atom stereocenters. The Bertz CT molecular complexity index is 576. The van der Waals surface area contributed by atoms with E-state index >= 15 is 0 Å². The molecule has 0 aromatic heterocycles. The van der Waals surface area contributed by atoms with Crippen molar-refractivity contribution in [1.82, 2.24) is 0 Å². The molecule has 2 aromatic rings. The maximum atomic E-state index is 12.3. The number of para-hydroxylation sites is 1. The van der Waals surface area contributed by atoms with E-state index in [2.05, 4.69) is 6.92 Å². The lowest BCUT2D eigenvalue weighted by Gasteiger charge is -2.12. The van der Waals surface area contributed by atoms with Crippen LogP contribution < -0.4 is 4.74 Å². The van der Waals surface area contributed by atoms with E-state index in [9.17, 15) is 9.90 Å². The molecule has 0 aliphatic carbocycles. The van der Waals surface area contributed by atoms with Crippen LogP contribution in [0.1, 0.15) is 22.3 Å². The predicted molar refractivity (Wildman–Crippen MR) is 82.4 cm³/mol. The van der Waals surface area contributed by atoms with Gasteiger partial charge >= 0.3 is 0 Å². The lowest BCUT2D eigenvalue weighted by Crippen LogP contribution is -2.15. The molecule has 0 heterocycles. The molecule has 0 bridgehead atoms. The zero-order chi connectivity index (χ0) is 15.1. The smallest absolute Gasteiger partial charge is 0.166 e. The number of carbonyl (C=O) groups is 1. The Morgan fingerprint density at radius 3 is 2.48 bits per heavy atom. The fourth-order valence-corrected chi connectivity index (χ4v) is 2.05. The number of ketones is 1. The summed E-state index contributed by atoms with van der Waals surface area (Å²) in [6.45, 7) is 3.52. The summed E-state index contributed by atoms with van der Waals surface area (Å²) in [5.41, 5.74) is 1.69. The Hall–Kier alpha value is -2.13. The van der Waals surface area contributed by atoms with E-state index in [0.29, 0.717) is 24.2 Å². The summed E-state index contributed by atoms with van der Waals surface area (Å²) in [5.74, 6) is 0.534. The predicted octanol–water partition coefficient (Wildman–Crippen LogP) is 3.08. The first-order valence-corrected chi connectivity index (χ1v) is 6.97. The molecule has 3 nitrogen and oxygen atoms in total. The first kappa shape index (κ1) is 15.3. The fourth-order valence-electron chi connectivity index (χ4n) is 2.05. The van der Waals surface area contributed by atoms with E-state index in [-0.39, 0.29) is 12.4 Å². The monoisotopic (exact) mass is 283 g/mol. The van der Waals surface area contributed by atoms with Crippen molar-refractivity contribution in [1.29, 1.82) is 0 Å². The van der Waals surface area contributed by atoms with E-state index < -0.39 is 6.10 Å². The summed E-state index contributed by atoms with van der Waals surface area (Å²) in [6.07, 6.45) is 0.320. The van der Waals surface area contributed by atoms with Gasteiger partial charge < -0.3 is 9.84 Å². The van der Waals surface area contributed by atoms with Crippen molar-refractivity contribution in [2.24, 2.45) is 0 Å². The molecule has 1 radical (unpaired) electrons. The molecule has 1 N–H and O–H groups in total.